The van der Waals surface area contributed by atoms with E-state index in [-0.39, 0.29) is 10.2 Å². The molecule has 6 heteroatoms. The monoisotopic (exact) mass is 255 g/mol. The van der Waals surface area contributed by atoms with E-state index in [9.17, 15) is 4.79 Å². The fourth-order valence-electron chi connectivity index (χ4n) is 1.09. The molecule has 0 aliphatic carbocycles. The van der Waals surface area contributed by atoms with E-state index in [1.165, 1.54) is 0 Å². The van der Waals surface area contributed by atoms with Gasteiger partial charge in [-0.05, 0) is 24.3 Å². The van der Waals surface area contributed by atoms with Crippen molar-refractivity contribution in [2.24, 2.45) is 0 Å². The molecule has 0 aliphatic rings. The summed E-state index contributed by atoms with van der Waals surface area (Å²) in [5.41, 5.74) is 6.49. The number of thiocarbonyl (C=S) groups is 1. The van der Waals surface area contributed by atoms with Crippen molar-refractivity contribution in [2.75, 3.05) is 19.0 Å². The zero-order chi connectivity index (χ0) is 12.1. The lowest BCUT2D eigenvalue weighted by atomic mass is 10.2. The maximum Gasteiger partial charge on any atom is 0.269 e. The van der Waals surface area contributed by atoms with Crippen LogP contribution in [0.15, 0.2) is 24.3 Å². The smallest absolute Gasteiger partial charge is 0.269 e. The highest BCUT2D eigenvalue weighted by atomic mass is 32.1. The van der Waals surface area contributed by atoms with E-state index < -0.39 is 0 Å². The van der Waals surface area contributed by atoms with Crippen molar-refractivity contribution in [3.8, 4) is 0 Å². The lowest BCUT2D eigenvalue weighted by Crippen LogP contribution is -2.38. The zero-order valence-corrected chi connectivity index (χ0v) is 10.7. The maximum absolute atomic E-state index is 11.5. The van der Waals surface area contributed by atoms with Gasteiger partial charge in [0.25, 0.3) is 5.91 Å². The number of nitrogens with zero attached hydrogens (tertiary/aromatic N) is 1. The molecule has 0 radical (unpaired) electrons. The van der Waals surface area contributed by atoms with Gasteiger partial charge in [-0.3, -0.25) is 15.6 Å². The predicted molar refractivity (Wildman–Crippen MR) is 73.0 cm³/mol. The normalized spacial score (nSPS) is 9.44. The van der Waals surface area contributed by atoms with E-state index in [2.05, 4.69) is 35.7 Å². The summed E-state index contributed by atoms with van der Waals surface area (Å²) in [7, 11) is 3.88. The third-order valence-corrected chi connectivity index (χ3v) is 2.14. The molecule has 2 N–H and O–H groups in total. The highest BCUT2D eigenvalue weighted by Gasteiger charge is 2.04. The average Bonchev–Trinajstić information content (AvgIpc) is 2.26. The Balaban J connectivity index is 2.66. The van der Waals surface area contributed by atoms with Crippen LogP contribution in [0.3, 0.4) is 0 Å². The second-order valence-corrected chi connectivity index (χ2v) is 4.48. The van der Waals surface area contributed by atoms with E-state index in [1.54, 1.807) is 12.1 Å². The Kier molecular flexibility index (Phi) is 4.57. The Morgan fingerprint density at radius 2 is 1.81 bits per heavy atom. The fourth-order valence-corrected chi connectivity index (χ4v) is 1.20. The molecule has 0 atom stereocenters. The molecule has 4 nitrogen and oxygen atoms in total. The second-order valence-electron chi connectivity index (χ2n) is 3.33. The molecular formula is C10H13N3OS2. The highest BCUT2D eigenvalue weighted by Crippen LogP contribution is 2.11. The first-order chi connectivity index (χ1) is 7.50. The fraction of sp³-hybridized carbons (Fsp3) is 0.200. The number of hydrogen-bond donors (Lipinski definition) is 3. The number of amides is 1. The molecule has 1 rings (SSSR count). The summed E-state index contributed by atoms with van der Waals surface area (Å²) < 4.78 is 0.221. The first kappa shape index (κ1) is 12.8. The Hall–Kier alpha value is -1.27. The van der Waals surface area contributed by atoms with Gasteiger partial charge >= 0.3 is 0 Å². The molecule has 16 heavy (non-hydrogen) atoms. The van der Waals surface area contributed by atoms with Crippen molar-refractivity contribution < 1.29 is 4.79 Å². The molecule has 1 aromatic carbocycles. The topological polar surface area (TPSA) is 44.4 Å². The highest BCUT2D eigenvalue weighted by molar-refractivity contribution is 8.11. The van der Waals surface area contributed by atoms with Crippen LogP contribution in [-0.4, -0.2) is 24.3 Å². The van der Waals surface area contributed by atoms with Crippen molar-refractivity contribution in [3.63, 3.8) is 0 Å². The van der Waals surface area contributed by atoms with Crippen molar-refractivity contribution in [1.82, 2.24) is 10.9 Å². The summed E-state index contributed by atoms with van der Waals surface area (Å²) in [4.78, 5) is 13.5. The Bertz CT molecular complexity index is 390. The Morgan fingerprint density at radius 3 is 2.25 bits per heavy atom. The lowest BCUT2D eigenvalue weighted by Gasteiger charge is -2.12. The molecule has 0 aliphatic heterocycles. The maximum atomic E-state index is 11.5. The first-order valence-corrected chi connectivity index (χ1v) is 5.43. The number of nitrogens with one attached hydrogen (secondary N) is 2. The molecule has 0 saturated heterocycles. The van der Waals surface area contributed by atoms with E-state index in [0.29, 0.717) is 5.56 Å². The van der Waals surface area contributed by atoms with Crippen molar-refractivity contribution in [3.05, 3.63) is 29.8 Å². The first-order valence-electron chi connectivity index (χ1n) is 4.57. The number of rotatable bonds is 2. The number of hydrogen-bond acceptors (Lipinski definition) is 3. The standard InChI is InChI=1S/C10H13N3OS2/c1-13(2)8-5-3-7(4-6-8)9(14)11-12-10(15)16/h3-6H,1-2H3,(H,11,14)(H2,12,15,16). The summed E-state index contributed by atoms with van der Waals surface area (Å²) in [5, 5.41) is 0. The summed E-state index contributed by atoms with van der Waals surface area (Å²) >= 11 is 8.48. The quantitative estimate of drug-likeness (QED) is 0.422. The molecule has 0 aromatic heterocycles. The van der Waals surface area contributed by atoms with E-state index in [0.717, 1.165) is 5.69 Å². The van der Waals surface area contributed by atoms with Gasteiger partial charge in [-0.2, -0.15) is 0 Å². The number of hydrazine groups is 1. The van der Waals surface area contributed by atoms with Crippen LogP contribution < -0.4 is 15.8 Å². The molecule has 0 unspecified atom stereocenters. The van der Waals surface area contributed by atoms with Crippen LogP contribution in [0.25, 0.3) is 0 Å². The molecular weight excluding hydrogens is 242 g/mol. The molecule has 0 bridgehead atoms. The van der Waals surface area contributed by atoms with Crippen LogP contribution in [0.4, 0.5) is 5.69 Å². The number of carbonyl (C=O) groups is 1. The van der Waals surface area contributed by atoms with E-state index in [4.69, 9.17) is 0 Å². The van der Waals surface area contributed by atoms with Crippen LogP contribution >= 0.6 is 24.8 Å². The third kappa shape index (κ3) is 3.71. The predicted octanol–water partition coefficient (Wildman–Crippen LogP) is 1.20. The molecule has 86 valence electrons. The molecule has 1 amide bonds. The lowest BCUT2D eigenvalue weighted by molar-refractivity contribution is 0.0944. The Labute approximate surface area is 105 Å². The van der Waals surface area contributed by atoms with E-state index in [1.807, 2.05) is 31.1 Å². The van der Waals surface area contributed by atoms with Crippen molar-refractivity contribution in [1.29, 1.82) is 0 Å². The number of benzene rings is 1. The summed E-state index contributed by atoms with van der Waals surface area (Å²) in [5.74, 6) is -0.248. The van der Waals surface area contributed by atoms with Gasteiger partial charge in [0, 0.05) is 25.3 Å². The van der Waals surface area contributed by atoms with Gasteiger partial charge < -0.3 is 4.90 Å². The SMILES string of the molecule is CN(C)c1ccc(C(=O)NNC(=S)S)cc1. The summed E-state index contributed by atoms with van der Waals surface area (Å²) in [6, 6.07) is 7.23. The molecule has 0 heterocycles. The van der Waals surface area contributed by atoms with Gasteiger partial charge in [0.05, 0.1) is 0 Å². The van der Waals surface area contributed by atoms with Gasteiger partial charge in [0.15, 0.2) is 0 Å². The molecule has 1 aromatic rings. The van der Waals surface area contributed by atoms with Crippen LogP contribution in [0.5, 0.6) is 0 Å². The van der Waals surface area contributed by atoms with Gasteiger partial charge in [-0.15, -0.1) is 12.6 Å². The van der Waals surface area contributed by atoms with Crippen LogP contribution in [0, 0.1) is 0 Å². The van der Waals surface area contributed by atoms with Crippen LogP contribution in [0.1, 0.15) is 10.4 Å². The largest absolute Gasteiger partial charge is 0.378 e. The van der Waals surface area contributed by atoms with Gasteiger partial charge in [-0.1, -0.05) is 12.2 Å². The minimum Gasteiger partial charge on any atom is -0.378 e. The van der Waals surface area contributed by atoms with Crippen molar-refractivity contribution in [2.45, 2.75) is 0 Å². The minimum absolute atomic E-state index is 0.221. The summed E-state index contributed by atoms with van der Waals surface area (Å²) in [6.07, 6.45) is 0. The van der Waals surface area contributed by atoms with E-state index >= 15 is 0 Å². The number of carbonyl (C=O) groups excluding carboxylic acids is 1. The molecule has 0 saturated carbocycles. The van der Waals surface area contributed by atoms with Crippen LogP contribution in [0.2, 0.25) is 0 Å². The summed E-state index contributed by atoms with van der Waals surface area (Å²) in [6.45, 7) is 0. The van der Waals surface area contributed by atoms with Crippen LogP contribution in [-0.2, 0) is 0 Å². The van der Waals surface area contributed by atoms with Gasteiger partial charge in [-0.25, -0.2) is 0 Å². The zero-order valence-electron chi connectivity index (χ0n) is 9.02. The molecule has 0 spiro atoms. The second kappa shape index (κ2) is 5.72. The van der Waals surface area contributed by atoms with Crippen molar-refractivity contribution >= 4 is 40.8 Å². The average molecular weight is 255 g/mol. The van der Waals surface area contributed by atoms with Gasteiger partial charge in [0.2, 0.25) is 0 Å². The number of anilines is 1. The number of thiol groups is 1. The Morgan fingerprint density at radius 1 is 1.25 bits per heavy atom. The van der Waals surface area contributed by atoms with Gasteiger partial charge in [0.1, 0.15) is 4.32 Å². The minimum atomic E-state index is -0.248. The molecule has 0 fully saturated rings. The third-order valence-electron chi connectivity index (χ3n) is 1.93.